The highest BCUT2D eigenvalue weighted by Crippen LogP contribution is 2.32. The molecular weight excluding hydrogens is 377 g/mol. The van der Waals surface area contributed by atoms with E-state index in [1.165, 1.54) is 11.4 Å². The topological polar surface area (TPSA) is 93.4 Å². The highest BCUT2D eigenvalue weighted by molar-refractivity contribution is 5.66. The molecule has 11 heteroatoms. The number of esters is 1. The molecule has 2 aromatic heterocycles. The van der Waals surface area contributed by atoms with Crippen LogP contribution in [0.1, 0.15) is 38.7 Å². The molecule has 2 aromatic rings. The summed E-state index contributed by atoms with van der Waals surface area (Å²) in [7, 11) is 0. The molecule has 0 radical (unpaired) electrons. The number of nitrogens with one attached hydrogen (secondary N) is 2. The highest BCUT2D eigenvalue weighted by Gasteiger charge is 2.37. The number of hydrogen-bond acceptors (Lipinski definition) is 7. The molecule has 0 aliphatic carbocycles. The predicted molar refractivity (Wildman–Crippen MR) is 94.8 cm³/mol. The zero-order valence-corrected chi connectivity index (χ0v) is 15.9. The lowest BCUT2D eigenvalue weighted by molar-refractivity contribution is -0.147. The average molecular weight is 400 g/mol. The third kappa shape index (κ3) is 4.51. The number of ether oxygens (including phenoxy) is 1. The van der Waals surface area contributed by atoms with Gasteiger partial charge in [0, 0.05) is 19.9 Å². The second-order valence-electron chi connectivity index (χ2n) is 7.24. The molecule has 154 valence electrons. The largest absolute Gasteiger partial charge is 0.459 e. The smallest absolute Gasteiger partial charge is 0.435 e. The molecule has 1 aliphatic rings. The summed E-state index contributed by atoms with van der Waals surface area (Å²) >= 11 is 0. The summed E-state index contributed by atoms with van der Waals surface area (Å²) in [6.07, 6.45) is -2.90. The van der Waals surface area contributed by atoms with Gasteiger partial charge in [0.15, 0.2) is 5.69 Å². The van der Waals surface area contributed by atoms with Gasteiger partial charge in [0.25, 0.3) is 0 Å². The van der Waals surface area contributed by atoms with Crippen LogP contribution >= 0.6 is 0 Å². The number of hydrogen-bond donors (Lipinski definition) is 2. The molecule has 8 nitrogen and oxygen atoms in total. The summed E-state index contributed by atoms with van der Waals surface area (Å²) in [6, 6.07) is -0.248. The summed E-state index contributed by atoms with van der Waals surface area (Å²) in [5.74, 6) is 0.0913. The summed E-state index contributed by atoms with van der Waals surface area (Å²) in [4.78, 5) is 19.1. The van der Waals surface area contributed by atoms with E-state index in [1.807, 2.05) is 13.8 Å². The monoisotopic (exact) mass is 400 g/mol. The van der Waals surface area contributed by atoms with Crippen molar-refractivity contribution in [2.24, 2.45) is 5.92 Å². The van der Waals surface area contributed by atoms with E-state index in [-0.39, 0.29) is 29.2 Å². The van der Waals surface area contributed by atoms with Crippen molar-refractivity contribution in [1.29, 1.82) is 0 Å². The van der Waals surface area contributed by atoms with Crippen LogP contribution in [0.5, 0.6) is 0 Å². The molecule has 0 amide bonds. The van der Waals surface area contributed by atoms with E-state index in [1.54, 1.807) is 0 Å². The Bertz CT molecular complexity index is 851. The highest BCUT2D eigenvalue weighted by atomic mass is 19.4. The average Bonchev–Trinajstić information content (AvgIpc) is 2.94. The van der Waals surface area contributed by atoms with Gasteiger partial charge in [-0.15, -0.1) is 5.10 Å². The van der Waals surface area contributed by atoms with Gasteiger partial charge in [0.05, 0.1) is 12.2 Å². The lowest BCUT2D eigenvalue weighted by Crippen LogP contribution is -2.50. The Balaban J connectivity index is 1.93. The zero-order valence-electron chi connectivity index (χ0n) is 15.9. The lowest BCUT2D eigenvalue weighted by atomic mass is 10.0. The summed E-state index contributed by atoms with van der Waals surface area (Å²) in [5.41, 5.74) is -1.18. The zero-order chi connectivity index (χ0) is 20.5. The molecule has 1 saturated heterocycles. The van der Waals surface area contributed by atoms with Crippen LogP contribution in [0, 0.1) is 5.92 Å². The van der Waals surface area contributed by atoms with Crippen molar-refractivity contribution in [2.45, 2.75) is 51.9 Å². The van der Waals surface area contributed by atoms with Crippen molar-refractivity contribution in [1.82, 2.24) is 24.9 Å². The number of halogens is 3. The van der Waals surface area contributed by atoms with Crippen LogP contribution in [0.25, 0.3) is 5.52 Å². The van der Waals surface area contributed by atoms with Crippen molar-refractivity contribution < 1.29 is 22.7 Å². The number of aromatic nitrogens is 4. The number of carbonyl (C=O) groups excluding carboxylic acids is 1. The Hall–Kier alpha value is -2.43. The number of carbonyl (C=O) groups is 1. The standard InChI is InChI=1S/C17H23F3N6O2/c1-9(2)6-14-24-15(17(18,19)20)12-7-22-16(25-26(12)14)23-11-4-5-21-8-13(11)28-10(3)27/h7,9,11,13,21H,4-6,8H2,1-3H3,(H,23,25). The van der Waals surface area contributed by atoms with Crippen molar-refractivity contribution in [3.63, 3.8) is 0 Å². The van der Waals surface area contributed by atoms with E-state index in [0.29, 0.717) is 25.9 Å². The van der Waals surface area contributed by atoms with Gasteiger partial charge < -0.3 is 15.4 Å². The minimum Gasteiger partial charge on any atom is -0.459 e. The molecule has 0 spiro atoms. The second-order valence-corrected chi connectivity index (χ2v) is 7.24. The molecule has 2 unspecified atom stereocenters. The fourth-order valence-corrected chi connectivity index (χ4v) is 3.21. The van der Waals surface area contributed by atoms with Crippen LogP contribution < -0.4 is 10.6 Å². The number of rotatable bonds is 5. The fourth-order valence-electron chi connectivity index (χ4n) is 3.21. The first-order valence-electron chi connectivity index (χ1n) is 9.11. The Morgan fingerprint density at radius 1 is 1.46 bits per heavy atom. The van der Waals surface area contributed by atoms with Crippen molar-refractivity contribution in [3.8, 4) is 0 Å². The van der Waals surface area contributed by atoms with Crippen molar-refractivity contribution >= 4 is 17.4 Å². The van der Waals surface area contributed by atoms with Crippen LogP contribution in [0.3, 0.4) is 0 Å². The molecule has 0 aromatic carbocycles. The molecule has 1 aliphatic heterocycles. The maximum Gasteiger partial charge on any atom is 0.435 e. The fraction of sp³-hybridized carbons (Fsp3) is 0.647. The Labute approximate surface area is 159 Å². The van der Waals surface area contributed by atoms with Gasteiger partial charge in [0.2, 0.25) is 5.95 Å². The van der Waals surface area contributed by atoms with Gasteiger partial charge in [-0.2, -0.15) is 13.2 Å². The number of piperidine rings is 1. The van der Waals surface area contributed by atoms with Crippen LogP contribution in [-0.4, -0.2) is 50.8 Å². The lowest BCUT2D eigenvalue weighted by Gasteiger charge is -2.31. The SMILES string of the molecule is CC(=O)OC1CNCCC1Nc1ncc2c(C(F)(F)F)nc(CC(C)C)n2n1. The van der Waals surface area contributed by atoms with Gasteiger partial charge in [-0.25, -0.2) is 14.5 Å². The number of nitrogens with zero attached hydrogens (tertiary/aromatic N) is 4. The van der Waals surface area contributed by atoms with Gasteiger partial charge in [-0.3, -0.25) is 4.79 Å². The van der Waals surface area contributed by atoms with E-state index < -0.39 is 23.9 Å². The van der Waals surface area contributed by atoms with Crippen LogP contribution in [0.15, 0.2) is 6.20 Å². The maximum atomic E-state index is 13.3. The van der Waals surface area contributed by atoms with Crippen molar-refractivity contribution in [2.75, 3.05) is 18.4 Å². The Morgan fingerprint density at radius 2 is 2.21 bits per heavy atom. The predicted octanol–water partition coefficient (Wildman–Crippen LogP) is 2.05. The number of alkyl halides is 3. The molecule has 0 bridgehead atoms. The number of fused-ring (bicyclic) bond motifs is 1. The van der Waals surface area contributed by atoms with E-state index in [9.17, 15) is 18.0 Å². The summed E-state index contributed by atoms with van der Waals surface area (Å²) in [6.45, 7) is 6.30. The molecule has 2 N–H and O–H groups in total. The van der Waals surface area contributed by atoms with E-state index in [4.69, 9.17) is 4.74 Å². The van der Waals surface area contributed by atoms with E-state index >= 15 is 0 Å². The Kier molecular flexibility index (Phi) is 5.73. The molecule has 2 atom stereocenters. The number of imidazole rings is 1. The molecular formula is C17H23F3N6O2. The van der Waals surface area contributed by atoms with Crippen LogP contribution in [0.4, 0.5) is 19.1 Å². The van der Waals surface area contributed by atoms with Gasteiger partial charge in [-0.1, -0.05) is 13.8 Å². The summed E-state index contributed by atoms with van der Waals surface area (Å²) in [5, 5.41) is 10.5. The van der Waals surface area contributed by atoms with Crippen molar-refractivity contribution in [3.05, 3.63) is 17.7 Å². The quantitative estimate of drug-likeness (QED) is 0.742. The van der Waals surface area contributed by atoms with Crippen LogP contribution in [-0.2, 0) is 22.1 Å². The molecule has 3 rings (SSSR count). The molecule has 3 heterocycles. The maximum absolute atomic E-state index is 13.3. The first kappa shape index (κ1) is 20.3. The third-order valence-electron chi connectivity index (χ3n) is 4.38. The van der Waals surface area contributed by atoms with Gasteiger partial charge in [0.1, 0.15) is 17.4 Å². The van der Waals surface area contributed by atoms with Gasteiger partial charge in [-0.05, 0) is 18.9 Å². The number of anilines is 1. The van der Waals surface area contributed by atoms with E-state index in [2.05, 4.69) is 25.7 Å². The van der Waals surface area contributed by atoms with Crippen LogP contribution in [0.2, 0.25) is 0 Å². The minimum atomic E-state index is -4.59. The molecule has 0 saturated carbocycles. The Morgan fingerprint density at radius 3 is 2.86 bits per heavy atom. The molecule has 1 fully saturated rings. The minimum absolute atomic E-state index is 0.107. The summed E-state index contributed by atoms with van der Waals surface area (Å²) < 4.78 is 46.4. The van der Waals surface area contributed by atoms with E-state index in [0.717, 1.165) is 6.20 Å². The second kappa shape index (κ2) is 7.90. The first-order valence-corrected chi connectivity index (χ1v) is 9.11. The first-order chi connectivity index (χ1) is 13.1. The normalized spacial score (nSPS) is 20.5. The third-order valence-corrected chi connectivity index (χ3v) is 4.38. The molecule has 28 heavy (non-hydrogen) atoms. The van der Waals surface area contributed by atoms with Gasteiger partial charge >= 0.3 is 12.1 Å².